The molecule has 0 aromatic rings. The summed E-state index contributed by atoms with van der Waals surface area (Å²) in [7, 11) is 0. The van der Waals surface area contributed by atoms with E-state index in [-0.39, 0.29) is 18.5 Å². The lowest BCUT2D eigenvalue weighted by Crippen LogP contribution is -2.45. The molecule has 0 heterocycles. The summed E-state index contributed by atoms with van der Waals surface area (Å²) in [6, 6.07) is -0.624. The molecule has 518 valence electrons. The zero-order valence-corrected chi connectivity index (χ0v) is 59.5. The van der Waals surface area contributed by atoms with Crippen LogP contribution in [0.1, 0.15) is 470 Å². The molecule has 87 heavy (non-hydrogen) atoms. The zero-order valence-electron chi connectivity index (χ0n) is 59.5. The first-order valence-corrected chi connectivity index (χ1v) is 40.5. The lowest BCUT2D eigenvalue weighted by molar-refractivity contribution is -0.143. The molecule has 0 saturated heterocycles. The van der Waals surface area contributed by atoms with Crippen LogP contribution in [0.4, 0.5) is 0 Å². The van der Waals surface area contributed by atoms with Crippen LogP contribution in [-0.2, 0) is 14.3 Å². The van der Waals surface area contributed by atoms with E-state index >= 15 is 0 Å². The SMILES string of the molecule is CCCCCCCCCCCCCCCCCCC/C=C/C(O)C(CO)NC(=O)CCCCCCCCCCCCCCCCCCCCCCCCCCCCCCCCCCCOC(=O)CCCCCCCCCCCCCCCCCCCC. The number of esters is 1. The van der Waals surface area contributed by atoms with Crippen molar-refractivity contribution >= 4 is 11.9 Å². The Morgan fingerprint density at radius 2 is 0.529 bits per heavy atom. The van der Waals surface area contributed by atoms with Gasteiger partial charge in [-0.3, -0.25) is 9.59 Å². The Morgan fingerprint density at radius 3 is 0.782 bits per heavy atom. The number of aliphatic hydroxyl groups is 2. The summed E-state index contributed by atoms with van der Waals surface area (Å²) in [6.07, 6.45) is 97.7. The maximum Gasteiger partial charge on any atom is 0.305 e. The summed E-state index contributed by atoms with van der Waals surface area (Å²) in [5.41, 5.74) is 0. The third kappa shape index (κ3) is 73.5. The van der Waals surface area contributed by atoms with Crippen LogP contribution in [0.15, 0.2) is 12.2 Å². The minimum atomic E-state index is -0.841. The Balaban J connectivity index is 3.32. The Hall–Kier alpha value is -1.40. The number of amides is 1. The minimum absolute atomic E-state index is 0.0272. The monoisotopic (exact) mass is 1230 g/mol. The molecule has 6 heteroatoms. The highest BCUT2D eigenvalue weighted by Crippen LogP contribution is 2.20. The minimum Gasteiger partial charge on any atom is -0.466 e. The molecule has 2 atom stereocenters. The first-order valence-electron chi connectivity index (χ1n) is 40.5. The lowest BCUT2D eigenvalue weighted by atomic mass is 10.0. The van der Waals surface area contributed by atoms with Gasteiger partial charge in [0.2, 0.25) is 5.91 Å². The van der Waals surface area contributed by atoms with Crippen molar-refractivity contribution in [3.05, 3.63) is 12.2 Å². The van der Waals surface area contributed by atoms with E-state index in [4.69, 9.17) is 4.74 Å². The Kier molecular flexibility index (Phi) is 75.8. The molecule has 0 aliphatic carbocycles. The molecule has 0 bridgehead atoms. The van der Waals surface area contributed by atoms with Crippen molar-refractivity contribution in [3.63, 3.8) is 0 Å². The van der Waals surface area contributed by atoms with Gasteiger partial charge in [0.15, 0.2) is 0 Å². The van der Waals surface area contributed by atoms with Crippen LogP contribution in [0.3, 0.4) is 0 Å². The molecule has 0 spiro atoms. The van der Waals surface area contributed by atoms with Gasteiger partial charge >= 0.3 is 5.97 Å². The van der Waals surface area contributed by atoms with Gasteiger partial charge in [-0.05, 0) is 32.1 Å². The van der Waals surface area contributed by atoms with Crippen LogP contribution < -0.4 is 5.32 Å². The van der Waals surface area contributed by atoms with Crippen LogP contribution in [-0.4, -0.2) is 47.4 Å². The maximum absolute atomic E-state index is 12.5. The summed E-state index contributed by atoms with van der Waals surface area (Å²) in [5.74, 6) is -0.0311. The molecule has 0 aromatic carbocycles. The molecule has 0 rings (SSSR count). The van der Waals surface area contributed by atoms with Crippen LogP contribution in [0.5, 0.6) is 0 Å². The van der Waals surface area contributed by atoms with Crippen molar-refractivity contribution in [3.8, 4) is 0 Å². The van der Waals surface area contributed by atoms with Crippen molar-refractivity contribution in [2.24, 2.45) is 0 Å². The molecule has 0 aliphatic heterocycles. The maximum atomic E-state index is 12.5. The number of aliphatic hydroxyl groups excluding tert-OH is 2. The molecular weight excluding hydrogens is 1070 g/mol. The molecule has 2 unspecified atom stereocenters. The van der Waals surface area contributed by atoms with E-state index in [1.54, 1.807) is 6.08 Å². The number of hydrogen-bond donors (Lipinski definition) is 3. The summed E-state index contributed by atoms with van der Waals surface area (Å²) < 4.78 is 5.52. The summed E-state index contributed by atoms with van der Waals surface area (Å²) in [5, 5.41) is 23.3. The molecule has 1 amide bonds. The zero-order chi connectivity index (χ0) is 62.8. The second-order valence-corrected chi connectivity index (χ2v) is 28.1. The Morgan fingerprint density at radius 1 is 0.310 bits per heavy atom. The Labute approximate surface area is 546 Å². The number of nitrogens with one attached hydrogen (secondary N) is 1. The quantitative estimate of drug-likeness (QED) is 0.0320. The fraction of sp³-hybridized carbons (Fsp3) is 0.951. The normalized spacial score (nSPS) is 12.5. The van der Waals surface area contributed by atoms with Crippen LogP contribution in [0.2, 0.25) is 0 Å². The van der Waals surface area contributed by atoms with E-state index < -0.39 is 12.1 Å². The Bertz CT molecular complexity index is 1320. The average Bonchev–Trinajstić information content (AvgIpc) is 3.59. The van der Waals surface area contributed by atoms with Crippen molar-refractivity contribution in [1.82, 2.24) is 5.32 Å². The van der Waals surface area contributed by atoms with E-state index in [2.05, 4.69) is 19.2 Å². The summed E-state index contributed by atoms with van der Waals surface area (Å²) in [4.78, 5) is 24.7. The van der Waals surface area contributed by atoms with Gasteiger partial charge in [0.1, 0.15) is 0 Å². The van der Waals surface area contributed by atoms with Gasteiger partial charge in [0.25, 0.3) is 0 Å². The smallest absolute Gasteiger partial charge is 0.305 e. The van der Waals surface area contributed by atoms with E-state index in [9.17, 15) is 19.8 Å². The number of rotatable bonds is 77. The van der Waals surface area contributed by atoms with Crippen LogP contribution >= 0.6 is 0 Å². The highest BCUT2D eigenvalue weighted by atomic mass is 16.5. The second kappa shape index (κ2) is 77.1. The van der Waals surface area contributed by atoms with Crippen LogP contribution in [0.25, 0.3) is 0 Å². The largest absolute Gasteiger partial charge is 0.466 e. The number of hydrogen-bond acceptors (Lipinski definition) is 5. The molecule has 6 nitrogen and oxygen atoms in total. The standard InChI is InChI=1S/C81H159NO5/c1-3-5-7-9-11-13-15-17-19-21-38-41-45-49-53-57-61-65-69-73-79(84)78(77-83)82-80(85)74-70-66-62-58-54-50-46-42-39-36-34-32-30-28-26-24-23-25-27-29-31-33-35-37-40-44-48-52-56-60-64-68-72-76-87-81(86)75-71-67-63-59-55-51-47-43-22-20-18-16-14-12-10-8-6-4-2/h69,73,78-79,83-84H,3-68,70-72,74-77H2,1-2H3,(H,82,85)/b73-69+. The van der Waals surface area contributed by atoms with Crippen molar-refractivity contribution < 1.29 is 24.5 Å². The number of carbonyl (C=O) groups is 2. The van der Waals surface area contributed by atoms with E-state index in [1.807, 2.05) is 6.08 Å². The predicted octanol–water partition coefficient (Wildman–Crippen LogP) is 26.7. The highest BCUT2D eigenvalue weighted by Gasteiger charge is 2.18. The third-order valence-electron chi connectivity index (χ3n) is 19.3. The molecule has 3 N–H and O–H groups in total. The molecule has 0 saturated carbocycles. The van der Waals surface area contributed by atoms with E-state index in [1.165, 1.54) is 405 Å². The topological polar surface area (TPSA) is 95.9 Å². The van der Waals surface area contributed by atoms with E-state index in [0.717, 1.165) is 38.5 Å². The van der Waals surface area contributed by atoms with Gasteiger partial charge in [-0.15, -0.1) is 0 Å². The van der Waals surface area contributed by atoms with Gasteiger partial charge in [-0.2, -0.15) is 0 Å². The fourth-order valence-electron chi connectivity index (χ4n) is 13.2. The third-order valence-corrected chi connectivity index (χ3v) is 19.3. The predicted molar refractivity (Wildman–Crippen MR) is 384 cm³/mol. The van der Waals surface area contributed by atoms with Gasteiger partial charge < -0.3 is 20.3 Å². The van der Waals surface area contributed by atoms with Crippen LogP contribution in [0, 0.1) is 0 Å². The molecular formula is C81H159NO5. The first kappa shape index (κ1) is 85.6. The second-order valence-electron chi connectivity index (χ2n) is 28.1. The van der Waals surface area contributed by atoms with Crippen molar-refractivity contribution in [1.29, 1.82) is 0 Å². The summed E-state index contributed by atoms with van der Waals surface area (Å²) >= 11 is 0. The molecule has 0 radical (unpaired) electrons. The van der Waals surface area contributed by atoms with Gasteiger partial charge in [0, 0.05) is 12.8 Å². The molecule has 0 fully saturated rings. The number of unbranched alkanes of at least 4 members (excludes halogenated alkanes) is 66. The van der Waals surface area contributed by atoms with Gasteiger partial charge in [-0.1, -0.05) is 437 Å². The van der Waals surface area contributed by atoms with E-state index in [0.29, 0.717) is 19.4 Å². The fourth-order valence-corrected chi connectivity index (χ4v) is 13.2. The van der Waals surface area contributed by atoms with Gasteiger partial charge in [-0.25, -0.2) is 0 Å². The lowest BCUT2D eigenvalue weighted by Gasteiger charge is -2.20. The first-order chi connectivity index (χ1) is 43.0. The number of ether oxygens (including phenoxy) is 1. The highest BCUT2D eigenvalue weighted by molar-refractivity contribution is 5.76. The molecule has 0 aromatic heterocycles. The van der Waals surface area contributed by atoms with Crippen molar-refractivity contribution in [2.45, 2.75) is 482 Å². The average molecular weight is 1230 g/mol. The number of carbonyl (C=O) groups excluding carboxylic acids is 2. The van der Waals surface area contributed by atoms with Gasteiger partial charge in [0.05, 0.1) is 25.4 Å². The number of allylic oxidation sites excluding steroid dienone is 1. The molecule has 0 aliphatic rings. The summed E-state index contributed by atoms with van der Waals surface area (Å²) in [6.45, 7) is 4.97. The van der Waals surface area contributed by atoms with Crippen molar-refractivity contribution in [2.75, 3.05) is 13.2 Å².